The van der Waals surface area contributed by atoms with Crippen LogP contribution in [0.25, 0.3) is 0 Å². The fraction of sp³-hybridized carbons (Fsp3) is 0.941. The van der Waals surface area contributed by atoms with Crippen LogP contribution in [0, 0.1) is 17.8 Å². The Bertz CT molecular complexity index is 543. The molecule has 4 N–H and O–H groups in total. The molecule has 4 aliphatic rings. The molecule has 0 bridgehead atoms. The Hall–Kier alpha value is -0.910. The molecule has 154 valence electrons. The standard InChI is InChI=1S/C17H28F2N4O4/c1-25-13-7-12(26-22-13)16(24)20-11-5-3-8-6-9(2-4-10(8)11)15-21-17(14(18)19)27-23-15/h8-15,17,21-23H,2-7H2,1H3,(H,20,24)/t8?,9?,10?,11-,12?,13?,15?,17?/m1/s1. The van der Waals surface area contributed by atoms with E-state index in [9.17, 15) is 13.6 Å². The van der Waals surface area contributed by atoms with E-state index >= 15 is 0 Å². The SMILES string of the molecule is COC1CC(C(=O)N[C@@H]2CCC3CC(C4NOC(C(F)F)N4)CCC32)ON1. The molecule has 2 aliphatic heterocycles. The average molecular weight is 390 g/mol. The molecule has 4 fully saturated rings. The molecule has 0 aromatic heterocycles. The van der Waals surface area contributed by atoms with Crippen LogP contribution < -0.4 is 21.6 Å². The van der Waals surface area contributed by atoms with Crippen LogP contribution in [0.3, 0.4) is 0 Å². The van der Waals surface area contributed by atoms with Crippen molar-refractivity contribution in [2.45, 2.75) is 75.7 Å². The van der Waals surface area contributed by atoms with Crippen molar-refractivity contribution in [1.29, 1.82) is 0 Å². The van der Waals surface area contributed by atoms with E-state index in [0.29, 0.717) is 18.3 Å². The maximum atomic E-state index is 12.8. The number of carbonyl (C=O) groups is 1. The predicted molar refractivity (Wildman–Crippen MR) is 89.8 cm³/mol. The molecule has 7 unspecified atom stereocenters. The van der Waals surface area contributed by atoms with Gasteiger partial charge in [0, 0.05) is 19.6 Å². The lowest BCUT2D eigenvalue weighted by atomic mass is 9.74. The van der Waals surface area contributed by atoms with Gasteiger partial charge in [-0.3, -0.25) is 19.8 Å². The van der Waals surface area contributed by atoms with Crippen molar-refractivity contribution in [2.24, 2.45) is 17.8 Å². The minimum absolute atomic E-state index is 0.0953. The third-order valence-corrected chi connectivity index (χ3v) is 6.49. The first-order valence-corrected chi connectivity index (χ1v) is 9.75. The second-order valence-electron chi connectivity index (χ2n) is 8.01. The summed E-state index contributed by atoms with van der Waals surface area (Å²) in [6.45, 7) is 0. The number of fused-ring (bicyclic) bond motifs is 1. The normalized spacial score (nSPS) is 44.6. The predicted octanol–water partition coefficient (Wildman–Crippen LogP) is 0.605. The molecule has 4 rings (SSSR count). The second-order valence-corrected chi connectivity index (χ2v) is 8.01. The van der Waals surface area contributed by atoms with Crippen molar-refractivity contribution < 1.29 is 28.0 Å². The number of hydrogen-bond acceptors (Lipinski definition) is 7. The van der Waals surface area contributed by atoms with Crippen LogP contribution in [0.15, 0.2) is 0 Å². The lowest BCUT2D eigenvalue weighted by Gasteiger charge is -2.36. The lowest BCUT2D eigenvalue weighted by molar-refractivity contribution is -0.134. The Labute approximate surface area is 156 Å². The monoisotopic (exact) mass is 390 g/mol. The minimum atomic E-state index is -2.55. The van der Waals surface area contributed by atoms with Crippen molar-refractivity contribution >= 4 is 5.91 Å². The highest BCUT2D eigenvalue weighted by Gasteiger charge is 2.45. The summed E-state index contributed by atoms with van der Waals surface area (Å²) in [6.07, 6.45) is 0.542. The lowest BCUT2D eigenvalue weighted by Crippen LogP contribution is -2.47. The van der Waals surface area contributed by atoms with Gasteiger partial charge >= 0.3 is 0 Å². The second kappa shape index (κ2) is 8.22. The van der Waals surface area contributed by atoms with Crippen LogP contribution in [0.4, 0.5) is 8.78 Å². The zero-order chi connectivity index (χ0) is 19.0. The largest absolute Gasteiger partial charge is 0.364 e. The van der Waals surface area contributed by atoms with E-state index in [1.54, 1.807) is 7.11 Å². The zero-order valence-electron chi connectivity index (χ0n) is 15.3. The number of ether oxygens (including phenoxy) is 1. The number of alkyl halides is 2. The van der Waals surface area contributed by atoms with Crippen LogP contribution in [0.2, 0.25) is 0 Å². The van der Waals surface area contributed by atoms with Gasteiger partial charge in [-0.05, 0) is 49.9 Å². The zero-order valence-corrected chi connectivity index (χ0v) is 15.3. The van der Waals surface area contributed by atoms with E-state index in [-0.39, 0.29) is 30.3 Å². The molecule has 0 aromatic carbocycles. The molecule has 2 heterocycles. The first kappa shape index (κ1) is 19.4. The van der Waals surface area contributed by atoms with E-state index in [1.165, 1.54) is 0 Å². The van der Waals surface area contributed by atoms with Crippen LogP contribution in [0.1, 0.15) is 38.5 Å². The van der Waals surface area contributed by atoms with Gasteiger partial charge in [0.1, 0.15) is 6.23 Å². The number of rotatable bonds is 5. The summed E-state index contributed by atoms with van der Waals surface area (Å²) in [6, 6.07) is 0.156. The maximum absolute atomic E-state index is 12.8. The van der Waals surface area contributed by atoms with Gasteiger partial charge in [-0.25, -0.2) is 8.78 Å². The van der Waals surface area contributed by atoms with Crippen LogP contribution in [0.5, 0.6) is 0 Å². The molecule has 8 atom stereocenters. The molecule has 8 nitrogen and oxygen atoms in total. The van der Waals surface area contributed by atoms with Crippen molar-refractivity contribution in [3.05, 3.63) is 0 Å². The van der Waals surface area contributed by atoms with Crippen LogP contribution >= 0.6 is 0 Å². The Kier molecular flexibility index (Phi) is 5.91. The third-order valence-electron chi connectivity index (χ3n) is 6.49. The van der Waals surface area contributed by atoms with Gasteiger partial charge in [0.2, 0.25) is 0 Å². The molecule has 2 aliphatic carbocycles. The number of nitrogens with one attached hydrogen (secondary N) is 4. The summed E-state index contributed by atoms with van der Waals surface area (Å²) in [4.78, 5) is 22.7. The van der Waals surface area contributed by atoms with Gasteiger partial charge in [0.25, 0.3) is 12.3 Å². The highest BCUT2D eigenvalue weighted by atomic mass is 19.3. The smallest absolute Gasteiger partial charge is 0.279 e. The summed E-state index contributed by atoms with van der Waals surface area (Å²) in [7, 11) is 1.57. The minimum Gasteiger partial charge on any atom is -0.364 e. The summed E-state index contributed by atoms with van der Waals surface area (Å²) < 4.78 is 30.7. The fourth-order valence-electron chi connectivity index (χ4n) is 5.05. The molecular weight excluding hydrogens is 362 g/mol. The van der Waals surface area contributed by atoms with Gasteiger partial charge in [0.05, 0.1) is 6.17 Å². The molecule has 0 aromatic rings. The third kappa shape index (κ3) is 4.10. The Balaban J connectivity index is 1.27. The van der Waals surface area contributed by atoms with Crippen molar-refractivity contribution in [3.63, 3.8) is 0 Å². The van der Waals surface area contributed by atoms with Crippen molar-refractivity contribution in [1.82, 2.24) is 21.6 Å². The molecule has 0 spiro atoms. The van der Waals surface area contributed by atoms with Crippen LogP contribution in [-0.4, -0.2) is 50.2 Å². The van der Waals surface area contributed by atoms with Crippen LogP contribution in [-0.2, 0) is 19.2 Å². The molecule has 1 amide bonds. The van der Waals surface area contributed by atoms with E-state index in [2.05, 4.69) is 21.6 Å². The molecule has 0 radical (unpaired) electrons. The van der Waals surface area contributed by atoms with E-state index in [4.69, 9.17) is 14.4 Å². The van der Waals surface area contributed by atoms with E-state index in [0.717, 1.165) is 32.1 Å². The summed E-state index contributed by atoms with van der Waals surface area (Å²) in [5, 5.41) is 6.00. The highest BCUT2D eigenvalue weighted by molar-refractivity contribution is 5.81. The number of hydrogen-bond donors (Lipinski definition) is 4. The maximum Gasteiger partial charge on any atom is 0.279 e. The van der Waals surface area contributed by atoms with Crippen molar-refractivity contribution in [2.75, 3.05) is 7.11 Å². The summed E-state index contributed by atoms with van der Waals surface area (Å²) in [5.41, 5.74) is 5.44. The topological polar surface area (TPSA) is 92.9 Å². The number of hydroxylamine groups is 2. The van der Waals surface area contributed by atoms with Gasteiger partial charge in [-0.15, -0.1) is 0 Å². The van der Waals surface area contributed by atoms with Gasteiger partial charge < -0.3 is 10.1 Å². The Morgan fingerprint density at radius 1 is 1.11 bits per heavy atom. The molecular formula is C17H28F2N4O4. The number of methoxy groups -OCH3 is 1. The number of amides is 1. The average Bonchev–Trinajstić information content (AvgIpc) is 3.40. The van der Waals surface area contributed by atoms with Gasteiger partial charge in [-0.1, -0.05) is 0 Å². The molecule has 2 saturated carbocycles. The van der Waals surface area contributed by atoms with Gasteiger partial charge in [-0.2, -0.15) is 11.0 Å². The Morgan fingerprint density at radius 3 is 2.63 bits per heavy atom. The quantitative estimate of drug-likeness (QED) is 0.547. The highest BCUT2D eigenvalue weighted by Crippen LogP contribution is 2.45. The Morgan fingerprint density at radius 2 is 1.93 bits per heavy atom. The first-order chi connectivity index (χ1) is 13.0. The molecule has 27 heavy (non-hydrogen) atoms. The summed E-state index contributed by atoms with van der Waals surface area (Å²) in [5.74, 6) is 1.10. The molecule has 10 heteroatoms. The summed E-state index contributed by atoms with van der Waals surface area (Å²) >= 11 is 0. The first-order valence-electron chi connectivity index (χ1n) is 9.75. The van der Waals surface area contributed by atoms with E-state index < -0.39 is 18.8 Å². The van der Waals surface area contributed by atoms with Gasteiger partial charge in [0.15, 0.2) is 12.3 Å². The van der Waals surface area contributed by atoms with Crippen molar-refractivity contribution in [3.8, 4) is 0 Å². The van der Waals surface area contributed by atoms with E-state index in [1.807, 2.05) is 0 Å². The fourth-order valence-corrected chi connectivity index (χ4v) is 5.05. The number of halogens is 2. The molecule has 2 saturated heterocycles. The number of carbonyl (C=O) groups excluding carboxylic acids is 1.